The van der Waals surface area contributed by atoms with E-state index < -0.39 is 24.4 Å². The number of methoxy groups -OCH3 is 1. The maximum Gasteiger partial charge on any atom is 0.330 e. The summed E-state index contributed by atoms with van der Waals surface area (Å²) in [4.78, 5) is 38.4. The highest BCUT2D eigenvalue weighted by Crippen LogP contribution is 2.48. The number of allylic oxidation sites excluding steroid dienone is 1. The molecule has 0 spiro atoms. The summed E-state index contributed by atoms with van der Waals surface area (Å²) in [6.07, 6.45) is 2.17. The quantitative estimate of drug-likeness (QED) is 0.222. The maximum atomic E-state index is 14.5. The smallest absolute Gasteiger partial charge is 0.330 e. The lowest BCUT2D eigenvalue weighted by Crippen LogP contribution is -2.24. The van der Waals surface area contributed by atoms with Crippen molar-refractivity contribution in [2.75, 3.05) is 7.11 Å². The predicted octanol–water partition coefficient (Wildman–Crippen LogP) is 4.68. The van der Waals surface area contributed by atoms with E-state index in [9.17, 15) is 18.9 Å². The van der Waals surface area contributed by atoms with Gasteiger partial charge in [-0.3, -0.25) is 9.59 Å². The minimum Gasteiger partial charge on any atom is -0.466 e. The van der Waals surface area contributed by atoms with Gasteiger partial charge in [0, 0.05) is 27.8 Å². The molecule has 0 atom stereocenters. The Bertz CT molecular complexity index is 1250. The van der Waals surface area contributed by atoms with Crippen molar-refractivity contribution in [3.05, 3.63) is 107 Å². The van der Waals surface area contributed by atoms with Gasteiger partial charge in [-0.2, -0.15) is 0 Å². The molecular formula is C27H25O5P. The summed E-state index contributed by atoms with van der Waals surface area (Å²) in [6.45, 7) is 5.21. The summed E-state index contributed by atoms with van der Waals surface area (Å²) in [5, 5.41) is 0.859. The molecule has 168 valence electrons. The largest absolute Gasteiger partial charge is 0.466 e. The summed E-state index contributed by atoms with van der Waals surface area (Å²) >= 11 is 0. The maximum absolute atomic E-state index is 14.5. The lowest BCUT2D eigenvalue weighted by molar-refractivity contribution is -0.134. The molecule has 3 aromatic rings. The van der Waals surface area contributed by atoms with Crippen LogP contribution in [0.15, 0.2) is 78.9 Å². The molecule has 0 unspecified atom stereocenters. The number of ether oxygens (including phenoxy) is 1. The Kier molecular flexibility index (Phi) is 7.25. The van der Waals surface area contributed by atoms with Crippen LogP contribution in [-0.2, 0) is 14.1 Å². The molecule has 0 aliphatic heterocycles. The third-order valence-electron chi connectivity index (χ3n) is 5.53. The Morgan fingerprint density at radius 2 is 1.24 bits per heavy atom. The fraction of sp³-hybridized carbons (Fsp3) is 0.148. The van der Waals surface area contributed by atoms with E-state index in [-0.39, 0.29) is 5.56 Å². The van der Waals surface area contributed by atoms with Crippen molar-refractivity contribution in [3.8, 4) is 0 Å². The number of ketones is 1. The highest BCUT2D eigenvalue weighted by molar-refractivity contribution is 7.93. The van der Waals surface area contributed by atoms with Gasteiger partial charge < -0.3 is 9.30 Å². The van der Waals surface area contributed by atoms with Crippen molar-refractivity contribution in [1.82, 2.24) is 0 Å². The first-order valence-corrected chi connectivity index (χ1v) is 12.1. The minimum atomic E-state index is -3.73. The summed E-state index contributed by atoms with van der Waals surface area (Å²) in [5.41, 5.74) is 1.76. The molecule has 0 N–H and O–H groups in total. The molecule has 5 nitrogen and oxygen atoms in total. The molecule has 0 radical (unpaired) electrons. The van der Waals surface area contributed by atoms with Gasteiger partial charge in [-0.1, -0.05) is 66.7 Å². The van der Waals surface area contributed by atoms with Gasteiger partial charge in [-0.25, -0.2) is 4.79 Å². The molecule has 3 rings (SSSR count). The molecular weight excluding hydrogens is 435 g/mol. The van der Waals surface area contributed by atoms with Crippen LogP contribution in [-0.4, -0.2) is 24.4 Å². The highest BCUT2D eigenvalue weighted by atomic mass is 31.2. The van der Waals surface area contributed by atoms with Crippen molar-refractivity contribution in [1.29, 1.82) is 0 Å². The van der Waals surface area contributed by atoms with Crippen molar-refractivity contribution >= 4 is 35.0 Å². The average Bonchev–Trinajstić information content (AvgIpc) is 2.82. The van der Waals surface area contributed by atoms with E-state index in [4.69, 9.17) is 0 Å². The summed E-state index contributed by atoms with van der Waals surface area (Å²) < 4.78 is 19.1. The number of aryl methyl sites for hydroxylation is 2. The number of benzene rings is 3. The van der Waals surface area contributed by atoms with E-state index in [1.54, 1.807) is 87.5 Å². The summed E-state index contributed by atoms with van der Waals surface area (Å²) in [7, 11) is -2.51. The van der Waals surface area contributed by atoms with Crippen LogP contribution >= 0.6 is 7.14 Å². The van der Waals surface area contributed by atoms with Crippen LogP contribution in [0.25, 0.3) is 0 Å². The van der Waals surface area contributed by atoms with Crippen LogP contribution in [0.4, 0.5) is 0 Å². The van der Waals surface area contributed by atoms with E-state index in [1.165, 1.54) is 7.11 Å². The average molecular weight is 460 g/mol. The first-order chi connectivity index (χ1) is 15.7. The lowest BCUT2D eigenvalue weighted by atomic mass is 9.91. The molecule has 0 saturated carbocycles. The van der Waals surface area contributed by atoms with Crippen LogP contribution in [0.1, 0.15) is 37.4 Å². The van der Waals surface area contributed by atoms with Crippen molar-refractivity contribution in [2.45, 2.75) is 20.8 Å². The van der Waals surface area contributed by atoms with Gasteiger partial charge in [0.15, 0.2) is 5.78 Å². The predicted molar refractivity (Wildman–Crippen MR) is 130 cm³/mol. The molecule has 3 aromatic carbocycles. The normalized spacial score (nSPS) is 11.4. The fourth-order valence-electron chi connectivity index (χ4n) is 4.01. The van der Waals surface area contributed by atoms with E-state index in [0.29, 0.717) is 32.9 Å². The Labute approximate surface area is 193 Å². The summed E-state index contributed by atoms with van der Waals surface area (Å²) in [5.74, 6) is -1.08. The Hall–Kier alpha value is -3.56. The Balaban J connectivity index is 2.23. The first kappa shape index (κ1) is 24.1. The third kappa shape index (κ3) is 4.64. The fourth-order valence-corrected chi connectivity index (χ4v) is 6.62. The van der Waals surface area contributed by atoms with Crippen molar-refractivity contribution in [2.24, 2.45) is 0 Å². The van der Waals surface area contributed by atoms with E-state index in [1.807, 2.05) is 0 Å². The Morgan fingerprint density at radius 1 is 0.758 bits per heavy atom. The van der Waals surface area contributed by atoms with E-state index >= 15 is 0 Å². The van der Waals surface area contributed by atoms with Gasteiger partial charge in [0.2, 0.25) is 12.7 Å². The topological polar surface area (TPSA) is 77.5 Å². The number of rotatable bonds is 7. The SMILES string of the molecule is COC(=O)/C=C\C(=O)c1c(C)cc(C)c(C(=O)P(=O)(c2ccccc2)c2ccccc2)c1C. The monoisotopic (exact) mass is 460 g/mol. The van der Waals surface area contributed by atoms with Crippen LogP contribution in [0, 0.1) is 20.8 Å². The van der Waals surface area contributed by atoms with E-state index in [0.717, 1.165) is 12.2 Å². The molecule has 0 saturated heterocycles. The molecule has 0 amide bonds. The van der Waals surface area contributed by atoms with E-state index in [2.05, 4.69) is 4.74 Å². The van der Waals surface area contributed by atoms with Crippen LogP contribution in [0.5, 0.6) is 0 Å². The molecule has 33 heavy (non-hydrogen) atoms. The molecule has 0 aliphatic rings. The van der Waals surface area contributed by atoms with Gasteiger partial charge in [0.05, 0.1) is 7.11 Å². The van der Waals surface area contributed by atoms with Crippen LogP contribution in [0.2, 0.25) is 0 Å². The number of esters is 1. The zero-order valence-electron chi connectivity index (χ0n) is 19.0. The second-order valence-corrected chi connectivity index (χ2v) is 10.3. The number of carbonyl (C=O) groups excluding carboxylic acids is 3. The summed E-state index contributed by atoms with van der Waals surface area (Å²) in [6, 6.07) is 19.1. The van der Waals surface area contributed by atoms with Gasteiger partial charge in [-0.05, 0) is 43.5 Å². The Morgan fingerprint density at radius 3 is 1.73 bits per heavy atom. The molecule has 0 aromatic heterocycles. The number of hydrogen-bond acceptors (Lipinski definition) is 5. The molecule has 0 aliphatic carbocycles. The van der Waals surface area contributed by atoms with Crippen LogP contribution in [0.3, 0.4) is 0 Å². The molecule has 6 heteroatoms. The molecule has 0 heterocycles. The van der Waals surface area contributed by atoms with Crippen molar-refractivity contribution in [3.63, 3.8) is 0 Å². The van der Waals surface area contributed by atoms with Gasteiger partial charge in [-0.15, -0.1) is 0 Å². The van der Waals surface area contributed by atoms with Gasteiger partial charge in [0.25, 0.3) is 0 Å². The second-order valence-electron chi connectivity index (χ2n) is 7.69. The van der Waals surface area contributed by atoms with Gasteiger partial charge in [0.1, 0.15) is 0 Å². The number of carbonyl (C=O) groups is 3. The molecule has 0 fully saturated rings. The van der Waals surface area contributed by atoms with Crippen molar-refractivity contribution < 1.29 is 23.7 Å². The van der Waals surface area contributed by atoms with Crippen LogP contribution < -0.4 is 10.6 Å². The zero-order chi connectivity index (χ0) is 24.2. The first-order valence-electron chi connectivity index (χ1n) is 10.4. The third-order valence-corrected chi connectivity index (χ3v) is 8.38. The minimum absolute atomic E-state index is 0.256. The molecule has 0 bridgehead atoms. The highest BCUT2D eigenvalue weighted by Gasteiger charge is 2.38. The standard InChI is InChI=1S/C27H25O5P/c1-18-17-19(2)26(20(3)25(18)23(28)15-16-24(29)32-4)27(30)33(31,21-11-7-5-8-12-21)22-13-9-6-10-14-22/h5-17H,1-4H3/b16-15-. The zero-order valence-corrected chi connectivity index (χ0v) is 19.9. The van der Waals surface area contributed by atoms with Gasteiger partial charge >= 0.3 is 5.97 Å². The second kappa shape index (κ2) is 9.93. The number of hydrogen-bond donors (Lipinski definition) is 0. The lowest BCUT2D eigenvalue weighted by Gasteiger charge is -2.22.